The summed E-state index contributed by atoms with van der Waals surface area (Å²) in [7, 11) is 1.72. The predicted octanol–water partition coefficient (Wildman–Crippen LogP) is 14.9. The van der Waals surface area contributed by atoms with Crippen LogP contribution >= 0.6 is 11.3 Å². The van der Waals surface area contributed by atoms with Crippen LogP contribution in [0.2, 0.25) is 0 Å². The Hall–Kier alpha value is -7.14. The van der Waals surface area contributed by atoms with Crippen LogP contribution in [-0.4, -0.2) is 7.11 Å². The Bertz CT molecular complexity index is 3090. The summed E-state index contributed by atoms with van der Waals surface area (Å²) < 4.78 is 15.4. The molecule has 3 nitrogen and oxygen atoms in total. The molecule has 0 unspecified atom stereocenters. The van der Waals surface area contributed by atoms with Gasteiger partial charge < -0.3 is 14.4 Å². The van der Waals surface area contributed by atoms with Crippen molar-refractivity contribution >= 4 is 54.1 Å². The molecule has 2 aliphatic carbocycles. The number of rotatable bonds is 8. The number of thiophene rings is 1. The number of fused-ring (bicyclic) bond motifs is 10. The van der Waals surface area contributed by atoms with E-state index in [9.17, 15) is 0 Å². The van der Waals surface area contributed by atoms with E-state index in [-0.39, 0.29) is 5.41 Å². The standard InChI is InChI=1S/C55H39NO2S/c1-36-41(42-17-6-10-21-47(42)55(36)48-22-11-7-18-43(48)44-19-8-12-23-49(44)55)33-34-58-51-25-14-24-50(54(51)57-2)56(39-29-27-38(28-30-39)37-15-4-3-5-16-37)40-31-32-46-45-20-9-13-26-52(45)59-53(46)35-40/h3-35H,1-2H3/b34-33+. The van der Waals surface area contributed by atoms with Crippen LogP contribution < -0.4 is 14.4 Å². The summed E-state index contributed by atoms with van der Waals surface area (Å²) >= 11 is 1.82. The molecule has 9 aromatic rings. The monoisotopic (exact) mass is 777 g/mol. The summed E-state index contributed by atoms with van der Waals surface area (Å²) in [6, 6.07) is 67.3. The normalized spacial score (nSPS) is 13.6. The van der Waals surface area contributed by atoms with Gasteiger partial charge in [-0.25, -0.2) is 0 Å². The van der Waals surface area contributed by atoms with Gasteiger partial charge in [0.2, 0.25) is 0 Å². The fourth-order valence-corrected chi connectivity index (χ4v) is 10.8. The van der Waals surface area contributed by atoms with E-state index < -0.39 is 0 Å². The van der Waals surface area contributed by atoms with Crippen LogP contribution in [-0.2, 0) is 5.41 Å². The molecular formula is C55H39NO2S. The largest absolute Gasteiger partial charge is 0.491 e. The Labute approximate surface area is 348 Å². The first-order valence-electron chi connectivity index (χ1n) is 20.0. The van der Waals surface area contributed by atoms with Gasteiger partial charge in [-0.15, -0.1) is 11.3 Å². The highest BCUT2D eigenvalue weighted by Gasteiger charge is 2.50. The van der Waals surface area contributed by atoms with Gasteiger partial charge in [-0.05, 0) is 111 Å². The van der Waals surface area contributed by atoms with Crippen LogP contribution in [0.5, 0.6) is 11.5 Å². The number of nitrogens with zero attached hydrogens (tertiary/aromatic N) is 1. The lowest BCUT2D eigenvalue weighted by Crippen LogP contribution is -2.26. The lowest BCUT2D eigenvalue weighted by molar-refractivity contribution is 0.379. The molecule has 4 heteroatoms. The SMILES string of the molecule is COc1c(O/C=C/C2=C(C)C3(c4ccccc42)c2ccccc2-c2ccccc23)cccc1N(c1ccc(-c2ccccc2)cc1)c1ccc2c(c1)sc1ccccc12. The van der Waals surface area contributed by atoms with Crippen molar-refractivity contribution in [1.29, 1.82) is 0 Å². The molecule has 1 aromatic heterocycles. The van der Waals surface area contributed by atoms with E-state index in [1.807, 2.05) is 29.7 Å². The highest BCUT2D eigenvalue weighted by atomic mass is 32.1. The average Bonchev–Trinajstić information content (AvgIpc) is 3.90. The molecule has 2 aliphatic rings. The second-order valence-electron chi connectivity index (χ2n) is 15.2. The van der Waals surface area contributed by atoms with Gasteiger partial charge in [0.25, 0.3) is 0 Å². The predicted molar refractivity (Wildman–Crippen MR) is 247 cm³/mol. The van der Waals surface area contributed by atoms with Crippen molar-refractivity contribution in [3.8, 4) is 33.8 Å². The molecule has 0 saturated heterocycles. The maximum atomic E-state index is 6.63. The number of hydrogen-bond acceptors (Lipinski definition) is 4. The first kappa shape index (κ1) is 35.1. The zero-order valence-electron chi connectivity index (χ0n) is 32.7. The van der Waals surface area contributed by atoms with Crippen LogP contribution in [0.25, 0.3) is 48.0 Å². The minimum Gasteiger partial charge on any atom is -0.491 e. The maximum absolute atomic E-state index is 6.63. The molecule has 0 saturated carbocycles. The number of benzene rings is 8. The Morgan fingerprint density at radius 3 is 1.85 bits per heavy atom. The summed E-state index contributed by atoms with van der Waals surface area (Å²) in [5, 5.41) is 2.53. The third kappa shape index (κ3) is 5.41. The molecule has 0 amide bonds. The van der Waals surface area contributed by atoms with E-state index in [0.29, 0.717) is 11.5 Å². The van der Waals surface area contributed by atoms with Gasteiger partial charge in [-0.3, -0.25) is 0 Å². The number of methoxy groups -OCH3 is 1. The van der Waals surface area contributed by atoms with Gasteiger partial charge >= 0.3 is 0 Å². The zero-order valence-corrected chi connectivity index (χ0v) is 33.5. The van der Waals surface area contributed by atoms with Gasteiger partial charge in [-0.2, -0.15) is 0 Å². The minimum atomic E-state index is -0.368. The number of anilines is 3. The third-order valence-corrected chi connectivity index (χ3v) is 13.4. The van der Waals surface area contributed by atoms with Crippen molar-refractivity contribution in [3.05, 3.63) is 228 Å². The van der Waals surface area contributed by atoms with Crippen LogP contribution in [0.4, 0.5) is 17.1 Å². The topological polar surface area (TPSA) is 21.7 Å². The minimum absolute atomic E-state index is 0.368. The lowest BCUT2D eigenvalue weighted by Gasteiger charge is -2.31. The summed E-state index contributed by atoms with van der Waals surface area (Å²) in [6.07, 6.45) is 3.96. The quantitative estimate of drug-likeness (QED) is 0.143. The second-order valence-corrected chi connectivity index (χ2v) is 16.3. The molecule has 0 radical (unpaired) electrons. The molecular weight excluding hydrogens is 739 g/mol. The van der Waals surface area contributed by atoms with Crippen LogP contribution in [0.15, 0.2) is 206 Å². The molecule has 8 aromatic carbocycles. The van der Waals surface area contributed by atoms with Gasteiger partial charge in [0.05, 0.1) is 24.5 Å². The summed E-state index contributed by atoms with van der Waals surface area (Å²) in [6.45, 7) is 2.29. The van der Waals surface area contributed by atoms with E-state index in [4.69, 9.17) is 9.47 Å². The Balaban J connectivity index is 1.01. The average molecular weight is 778 g/mol. The highest BCUT2D eigenvalue weighted by molar-refractivity contribution is 7.25. The summed E-state index contributed by atoms with van der Waals surface area (Å²) in [5.74, 6) is 1.28. The molecule has 282 valence electrons. The van der Waals surface area contributed by atoms with Crippen molar-refractivity contribution in [2.24, 2.45) is 0 Å². The van der Waals surface area contributed by atoms with Gasteiger partial charge in [0, 0.05) is 31.5 Å². The van der Waals surface area contributed by atoms with Gasteiger partial charge in [-0.1, -0.05) is 146 Å². The van der Waals surface area contributed by atoms with Crippen molar-refractivity contribution < 1.29 is 9.47 Å². The van der Waals surface area contributed by atoms with E-state index in [1.165, 1.54) is 70.3 Å². The highest BCUT2D eigenvalue weighted by Crippen LogP contribution is 2.61. The fraction of sp³-hybridized carbons (Fsp3) is 0.0545. The van der Waals surface area contributed by atoms with Crippen molar-refractivity contribution in [1.82, 2.24) is 0 Å². The van der Waals surface area contributed by atoms with E-state index >= 15 is 0 Å². The molecule has 0 atom stereocenters. The van der Waals surface area contributed by atoms with Crippen molar-refractivity contribution in [2.45, 2.75) is 12.3 Å². The Morgan fingerprint density at radius 1 is 0.525 bits per heavy atom. The van der Waals surface area contributed by atoms with Crippen molar-refractivity contribution in [2.75, 3.05) is 12.0 Å². The first-order valence-corrected chi connectivity index (χ1v) is 20.8. The zero-order chi connectivity index (χ0) is 39.5. The number of ether oxygens (including phenoxy) is 2. The molecule has 11 rings (SSSR count). The maximum Gasteiger partial charge on any atom is 0.185 e. The molecule has 0 fully saturated rings. The Kier molecular flexibility index (Phi) is 8.35. The van der Waals surface area contributed by atoms with Crippen LogP contribution in [0.1, 0.15) is 29.2 Å². The van der Waals surface area contributed by atoms with Gasteiger partial charge in [0.15, 0.2) is 11.5 Å². The van der Waals surface area contributed by atoms with Crippen LogP contribution in [0, 0.1) is 0 Å². The first-order chi connectivity index (χ1) is 29.1. The van der Waals surface area contributed by atoms with Gasteiger partial charge in [0.1, 0.15) is 0 Å². The number of para-hydroxylation sites is 1. The molecule has 1 spiro atoms. The molecule has 59 heavy (non-hydrogen) atoms. The van der Waals surface area contributed by atoms with Crippen LogP contribution in [0.3, 0.4) is 0 Å². The molecule has 0 aliphatic heterocycles. The Morgan fingerprint density at radius 2 is 1.12 bits per heavy atom. The van der Waals surface area contributed by atoms with Crippen molar-refractivity contribution in [3.63, 3.8) is 0 Å². The molecule has 1 heterocycles. The second kappa shape index (κ2) is 14.1. The van der Waals surface area contributed by atoms with E-state index in [1.54, 1.807) is 7.11 Å². The number of allylic oxidation sites excluding steroid dienone is 3. The summed E-state index contributed by atoms with van der Waals surface area (Å²) in [4.78, 5) is 2.27. The van der Waals surface area contributed by atoms with E-state index in [0.717, 1.165) is 22.6 Å². The van der Waals surface area contributed by atoms with E-state index in [2.05, 4.69) is 194 Å². The third-order valence-electron chi connectivity index (χ3n) is 12.2. The summed E-state index contributed by atoms with van der Waals surface area (Å²) in [5.41, 5.74) is 15.1. The fourth-order valence-electron chi connectivity index (χ4n) is 9.66. The smallest absolute Gasteiger partial charge is 0.185 e. The molecule has 0 N–H and O–H groups in total. The lowest BCUT2D eigenvalue weighted by atomic mass is 9.70. The molecule has 0 bridgehead atoms. The number of hydrogen-bond donors (Lipinski definition) is 0.